The molecule has 104 valence electrons. The zero-order chi connectivity index (χ0) is 14.4. The Morgan fingerprint density at radius 2 is 2.00 bits per heavy atom. The highest BCUT2D eigenvalue weighted by atomic mass is 16.5. The number of rotatable bonds is 5. The Kier molecular flexibility index (Phi) is 4.71. The number of hydrogen-bond acceptors (Lipinski definition) is 3. The highest BCUT2D eigenvalue weighted by molar-refractivity contribution is 5.94. The van der Waals surface area contributed by atoms with E-state index < -0.39 is 0 Å². The van der Waals surface area contributed by atoms with Crippen LogP contribution in [0.2, 0.25) is 0 Å². The fourth-order valence-corrected chi connectivity index (χ4v) is 1.91. The van der Waals surface area contributed by atoms with Crippen molar-refractivity contribution in [1.82, 2.24) is 10.3 Å². The highest BCUT2D eigenvalue weighted by Crippen LogP contribution is 2.13. The van der Waals surface area contributed by atoms with Gasteiger partial charge in [-0.1, -0.05) is 25.1 Å². The summed E-state index contributed by atoms with van der Waals surface area (Å²) in [6.45, 7) is 2.48. The first-order chi connectivity index (χ1) is 9.74. The van der Waals surface area contributed by atoms with Crippen molar-refractivity contribution < 1.29 is 9.53 Å². The molecule has 0 aliphatic rings. The fourth-order valence-electron chi connectivity index (χ4n) is 1.91. The monoisotopic (exact) mass is 270 g/mol. The van der Waals surface area contributed by atoms with Gasteiger partial charge in [0, 0.05) is 23.9 Å². The first-order valence-corrected chi connectivity index (χ1v) is 6.59. The van der Waals surface area contributed by atoms with Gasteiger partial charge in [-0.3, -0.25) is 4.79 Å². The predicted molar refractivity (Wildman–Crippen MR) is 77.8 cm³/mol. The highest BCUT2D eigenvalue weighted by Gasteiger charge is 2.07. The third-order valence-corrected chi connectivity index (χ3v) is 3.11. The molecule has 2 aromatic rings. The second-order valence-electron chi connectivity index (χ2n) is 4.40. The van der Waals surface area contributed by atoms with Crippen LogP contribution in [0.5, 0.6) is 5.88 Å². The van der Waals surface area contributed by atoms with Crippen molar-refractivity contribution in [2.75, 3.05) is 7.11 Å². The number of nitrogens with zero attached hydrogens (tertiary/aromatic N) is 1. The van der Waals surface area contributed by atoms with Crippen LogP contribution in [-0.2, 0) is 13.0 Å². The Morgan fingerprint density at radius 3 is 2.65 bits per heavy atom. The lowest BCUT2D eigenvalue weighted by Gasteiger charge is -2.08. The minimum atomic E-state index is -0.0986. The molecular weight excluding hydrogens is 252 g/mol. The molecule has 0 aliphatic heterocycles. The van der Waals surface area contributed by atoms with Crippen molar-refractivity contribution in [3.8, 4) is 5.88 Å². The molecule has 0 saturated heterocycles. The molecular formula is C16H18N2O2. The van der Waals surface area contributed by atoms with E-state index in [4.69, 9.17) is 4.74 Å². The zero-order valence-corrected chi connectivity index (χ0v) is 11.7. The van der Waals surface area contributed by atoms with Crippen LogP contribution in [0.4, 0.5) is 0 Å². The number of hydrogen-bond donors (Lipinski definition) is 1. The average Bonchev–Trinajstić information content (AvgIpc) is 2.53. The molecule has 0 radical (unpaired) electrons. The van der Waals surface area contributed by atoms with E-state index in [-0.39, 0.29) is 5.91 Å². The summed E-state index contributed by atoms with van der Waals surface area (Å²) in [6.07, 6.45) is 2.63. The van der Waals surface area contributed by atoms with Gasteiger partial charge in [0.15, 0.2) is 0 Å². The number of methoxy groups -OCH3 is 1. The first-order valence-electron chi connectivity index (χ1n) is 6.59. The van der Waals surface area contributed by atoms with Crippen LogP contribution in [0.15, 0.2) is 42.6 Å². The van der Waals surface area contributed by atoms with Gasteiger partial charge >= 0.3 is 0 Å². The van der Waals surface area contributed by atoms with Crippen molar-refractivity contribution in [3.05, 3.63) is 59.3 Å². The van der Waals surface area contributed by atoms with E-state index in [2.05, 4.69) is 17.2 Å². The third-order valence-electron chi connectivity index (χ3n) is 3.11. The van der Waals surface area contributed by atoms with Crippen LogP contribution in [-0.4, -0.2) is 18.0 Å². The second-order valence-corrected chi connectivity index (χ2v) is 4.40. The molecule has 1 aromatic heterocycles. The summed E-state index contributed by atoms with van der Waals surface area (Å²) in [7, 11) is 1.57. The molecule has 1 heterocycles. The number of aryl methyl sites for hydroxylation is 1. The topological polar surface area (TPSA) is 51.2 Å². The predicted octanol–water partition coefficient (Wildman–Crippen LogP) is 2.58. The maximum absolute atomic E-state index is 12.0. The van der Waals surface area contributed by atoms with Gasteiger partial charge in [-0.25, -0.2) is 4.98 Å². The molecule has 0 fully saturated rings. The van der Waals surface area contributed by atoms with Crippen molar-refractivity contribution >= 4 is 5.91 Å². The average molecular weight is 270 g/mol. The molecule has 0 saturated carbocycles. The normalized spacial score (nSPS) is 10.1. The third kappa shape index (κ3) is 3.35. The van der Waals surface area contributed by atoms with E-state index in [0.717, 1.165) is 12.0 Å². The summed E-state index contributed by atoms with van der Waals surface area (Å²) in [5.41, 5.74) is 2.73. The molecule has 1 N–H and O–H groups in total. The number of nitrogens with one attached hydrogen (secondary N) is 1. The number of aromatic nitrogens is 1. The van der Waals surface area contributed by atoms with Gasteiger partial charge < -0.3 is 10.1 Å². The smallest absolute Gasteiger partial charge is 0.251 e. The van der Waals surface area contributed by atoms with Gasteiger partial charge in [-0.05, 0) is 30.2 Å². The maximum atomic E-state index is 12.0. The number of carbonyl (C=O) groups excluding carboxylic acids is 1. The minimum absolute atomic E-state index is 0.0986. The van der Waals surface area contributed by atoms with Crippen LogP contribution >= 0.6 is 0 Å². The van der Waals surface area contributed by atoms with E-state index in [0.29, 0.717) is 18.0 Å². The van der Waals surface area contributed by atoms with E-state index >= 15 is 0 Å². The van der Waals surface area contributed by atoms with Gasteiger partial charge in [-0.2, -0.15) is 0 Å². The number of benzene rings is 1. The standard InChI is InChI=1S/C16H18N2O2/c1-3-12-6-8-13(9-7-12)15(19)18-11-14-5-4-10-17-16(14)20-2/h4-10H,3,11H2,1-2H3,(H,18,19). The molecule has 1 aromatic carbocycles. The summed E-state index contributed by atoms with van der Waals surface area (Å²) < 4.78 is 5.15. The van der Waals surface area contributed by atoms with E-state index in [1.54, 1.807) is 13.3 Å². The molecule has 0 aliphatic carbocycles. The Hall–Kier alpha value is -2.36. The van der Waals surface area contributed by atoms with E-state index in [1.165, 1.54) is 5.56 Å². The first kappa shape index (κ1) is 14.1. The van der Waals surface area contributed by atoms with Crippen LogP contribution in [0.3, 0.4) is 0 Å². The number of amides is 1. The Balaban J connectivity index is 2.01. The van der Waals surface area contributed by atoms with Gasteiger partial charge in [0.05, 0.1) is 7.11 Å². The van der Waals surface area contributed by atoms with Crippen LogP contribution in [0.25, 0.3) is 0 Å². The maximum Gasteiger partial charge on any atom is 0.251 e. The molecule has 1 amide bonds. The van der Waals surface area contributed by atoms with Crippen LogP contribution in [0, 0.1) is 0 Å². The lowest BCUT2D eigenvalue weighted by atomic mass is 10.1. The van der Waals surface area contributed by atoms with Crippen LogP contribution in [0.1, 0.15) is 28.4 Å². The lowest BCUT2D eigenvalue weighted by Crippen LogP contribution is -2.23. The molecule has 0 atom stereocenters. The zero-order valence-electron chi connectivity index (χ0n) is 11.7. The molecule has 0 bridgehead atoms. The number of carbonyl (C=O) groups is 1. The van der Waals surface area contributed by atoms with Crippen molar-refractivity contribution in [2.24, 2.45) is 0 Å². The second kappa shape index (κ2) is 6.70. The van der Waals surface area contributed by atoms with E-state index in [1.807, 2.05) is 36.4 Å². The fraction of sp³-hybridized carbons (Fsp3) is 0.250. The molecule has 2 rings (SSSR count). The van der Waals surface area contributed by atoms with Gasteiger partial charge in [-0.15, -0.1) is 0 Å². The number of pyridine rings is 1. The Bertz CT molecular complexity index is 579. The van der Waals surface area contributed by atoms with Crippen molar-refractivity contribution in [2.45, 2.75) is 19.9 Å². The molecule has 4 heteroatoms. The SMILES string of the molecule is CCc1ccc(C(=O)NCc2cccnc2OC)cc1. The quantitative estimate of drug-likeness (QED) is 0.908. The minimum Gasteiger partial charge on any atom is -0.481 e. The number of ether oxygens (including phenoxy) is 1. The van der Waals surface area contributed by atoms with E-state index in [9.17, 15) is 4.79 Å². The van der Waals surface area contributed by atoms with Crippen molar-refractivity contribution in [3.63, 3.8) is 0 Å². The summed E-state index contributed by atoms with van der Waals surface area (Å²) in [4.78, 5) is 16.1. The lowest BCUT2D eigenvalue weighted by molar-refractivity contribution is 0.0950. The van der Waals surface area contributed by atoms with Gasteiger partial charge in [0.2, 0.25) is 5.88 Å². The summed E-state index contributed by atoms with van der Waals surface area (Å²) in [5.74, 6) is 0.438. The molecule has 20 heavy (non-hydrogen) atoms. The largest absolute Gasteiger partial charge is 0.481 e. The Labute approximate surface area is 118 Å². The Morgan fingerprint density at radius 1 is 1.25 bits per heavy atom. The molecule has 0 spiro atoms. The summed E-state index contributed by atoms with van der Waals surface area (Å²) in [5, 5.41) is 2.87. The molecule has 0 unspecified atom stereocenters. The van der Waals surface area contributed by atoms with Crippen LogP contribution < -0.4 is 10.1 Å². The summed E-state index contributed by atoms with van der Waals surface area (Å²) in [6, 6.07) is 11.3. The van der Waals surface area contributed by atoms with Crippen molar-refractivity contribution in [1.29, 1.82) is 0 Å². The van der Waals surface area contributed by atoms with Gasteiger partial charge in [0.1, 0.15) is 0 Å². The summed E-state index contributed by atoms with van der Waals surface area (Å²) >= 11 is 0. The molecule has 4 nitrogen and oxygen atoms in total. The van der Waals surface area contributed by atoms with Gasteiger partial charge in [0.25, 0.3) is 5.91 Å².